The van der Waals surface area contributed by atoms with Gasteiger partial charge in [0.1, 0.15) is 11.2 Å². The fraction of sp³-hybridized carbons (Fsp3) is 0.464. The number of nitriles is 1. The summed E-state index contributed by atoms with van der Waals surface area (Å²) >= 11 is 0. The summed E-state index contributed by atoms with van der Waals surface area (Å²) in [5.74, 6) is -1.00. The molecule has 2 amide bonds. The fourth-order valence-electron chi connectivity index (χ4n) is 4.62. The standard InChI is InChI=1S/C28H31F3N4O2/c1-26(2,31)15-21(24(36)35-27(16-32)11-12-27)34-22(23(29)30)19-5-3-17(4-6-19)18-7-9-20(10-8-18)28(13-14-28)25(33)37/h3-10,21-23,34H,11-15H2,1-2H3,(H2,33,37)(H,35,36)/t21-,22-/m0/s1. The summed E-state index contributed by atoms with van der Waals surface area (Å²) in [7, 11) is 0. The smallest absolute Gasteiger partial charge is 0.257 e. The minimum absolute atomic E-state index is 0.247. The van der Waals surface area contributed by atoms with Crippen molar-refractivity contribution in [1.82, 2.24) is 10.6 Å². The van der Waals surface area contributed by atoms with Gasteiger partial charge in [-0.2, -0.15) is 5.26 Å². The third-order valence-corrected chi connectivity index (χ3v) is 7.23. The highest BCUT2D eigenvalue weighted by atomic mass is 19.3. The van der Waals surface area contributed by atoms with Crippen molar-refractivity contribution in [2.24, 2.45) is 5.73 Å². The summed E-state index contributed by atoms with van der Waals surface area (Å²) in [5.41, 5.74) is 4.92. The predicted octanol–water partition coefficient (Wildman–Crippen LogP) is 4.45. The molecule has 196 valence electrons. The predicted molar refractivity (Wildman–Crippen MR) is 133 cm³/mol. The van der Waals surface area contributed by atoms with Gasteiger partial charge in [0.25, 0.3) is 6.43 Å². The molecule has 4 N–H and O–H groups in total. The Morgan fingerprint density at radius 3 is 1.97 bits per heavy atom. The summed E-state index contributed by atoms with van der Waals surface area (Å²) in [6.45, 7) is 2.55. The fourth-order valence-corrected chi connectivity index (χ4v) is 4.62. The van der Waals surface area contributed by atoms with Crippen LogP contribution in [0.1, 0.15) is 63.1 Å². The minimum atomic E-state index is -2.86. The second-order valence-corrected chi connectivity index (χ2v) is 10.8. The monoisotopic (exact) mass is 512 g/mol. The van der Waals surface area contributed by atoms with Crippen LogP contribution in [0.4, 0.5) is 13.2 Å². The second-order valence-electron chi connectivity index (χ2n) is 10.8. The molecule has 2 fully saturated rings. The maximum Gasteiger partial charge on any atom is 0.257 e. The lowest BCUT2D eigenvalue weighted by Crippen LogP contribution is -2.52. The van der Waals surface area contributed by atoms with Crippen LogP contribution in [0.15, 0.2) is 48.5 Å². The molecular weight excluding hydrogens is 481 g/mol. The first-order chi connectivity index (χ1) is 17.4. The summed E-state index contributed by atoms with van der Waals surface area (Å²) in [6.07, 6.45) is -0.780. The van der Waals surface area contributed by atoms with E-state index in [1.165, 1.54) is 13.8 Å². The van der Waals surface area contributed by atoms with Crippen LogP contribution >= 0.6 is 0 Å². The van der Waals surface area contributed by atoms with Gasteiger partial charge in [0, 0.05) is 6.42 Å². The molecule has 0 heterocycles. The van der Waals surface area contributed by atoms with E-state index in [0.717, 1.165) is 29.5 Å². The molecule has 2 saturated carbocycles. The van der Waals surface area contributed by atoms with Crippen molar-refractivity contribution >= 4 is 11.8 Å². The van der Waals surface area contributed by atoms with Crippen LogP contribution in [-0.2, 0) is 15.0 Å². The second kappa shape index (κ2) is 9.82. The molecule has 4 rings (SSSR count). The molecule has 0 bridgehead atoms. The maximum absolute atomic E-state index is 14.5. The number of nitrogens with zero attached hydrogens (tertiary/aromatic N) is 1. The van der Waals surface area contributed by atoms with Gasteiger partial charge >= 0.3 is 0 Å². The Kier molecular flexibility index (Phi) is 7.08. The Morgan fingerprint density at radius 1 is 1.03 bits per heavy atom. The van der Waals surface area contributed by atoms with Crippen LogP contribution in [0.2, 0.25) is 0 Å². The van der Waals surface area contributed by atoms with Gasteiger partial charge in [-0.05, 0) is 61.8 Å². The van der Waals surface area contributed by atoms with E-state index < -0.39 is 41.0 Å². The largest absolute Gasteiger partial charge is 0.369 e. The van der Waals surface area contributed by atoms with Crippen LogP contribution in [0.3, 0.4) is 0 Å². The van der Waals surface area contributed by atoms with Gasteiger partial charge in [-0.1, -0.05) is 48.5 Å². The summed E-state index contributed by atoms with van der Waals surface area (Å²) in [4.78, 5) is 24.6. The average Bonchev–Trinajstić information content (AvgIpc) is 3.77. The Morgan fingerprint density at radius 2 is 1.57 bits per heavy atom. The SMILES string of the molecule is CC(C)(F)C[C@H](N[C@@H](c1ccc(-c2ccc(C3(C(N)=O)CC3)cc2)cc1)C(F)F)C(=O)NC1(C#N)CC1. The van der Waals surface area contributed by atoms with Gasteiger partial charge in [-0.25, -0.2) is 13.2 Å². The molecule has 2 atom stereocenters. The number of carbonyl (C=O) groups excluding carboxylic acids is 2. The number of primary amides is 1. The molecule has 6 nitrogen and oxygen atoms in total. The van der Waals surface area contributed by atoms with E-state index in [2.05, 4.69) is 10.6 Å². The molecule has 37 heavy (non-hydrogen) atoms. The molecule has 0 saturated heterocycles. The normalized spacial score (nSPS) is 18.9. The number of halogens is 3. The van der Waals surface area contributed by atoms with Gasteiger partial charge in [-0.15, -0.1) is 0 Å². The van der Waals surface area contributed by atoms with Gasteiger partial charge in [0.15, 0.2) is 0 Å². The van der Waals surface area contributed by atoms with Crippen LogP contribution in [0.25, 0.3) is 11.1 Å². The van der Waals surface area contributed by atoms with Crippen LogP contribution in [0.5, 0.6) is 0 Å². The molecular formula is C28H31F3N4O2. The number of benzene rings is 2. The average molecular weight is 513 g/mol. The summed E-state index contributed by atoms with van der Waals surface area (Å²) in [5, 5.41) is 14.5. The van der Waals surface area contributed by atoms with Crippen molar-refractivity contribution in [3.05, 3.63) is 59.7 Å². The molecule has 2 aromatic rings. The first-order valence-corrected chi connectivity index (χ1v) is 12.4. The highest BCUT2D eigenvalue weighted by molar-refractivity contribution is 5.90. The van der Waals surface area contributed by atoms with Crippen molar-refractivity contribution in [3.8, 4) is 17.2 Å². The summed E-state index contributed by atoms with van der Waals surface area (Å²) in [6, 6.07) is 13.2. The first-order valence-electron chi connectivity index (χ1n) is 12.4. The lowest BCUT2D eigenvalue weighted by molar-refractivity contribution is -0.125. The zero-order valence-corrected chi connectivity index (χ0v) is 20.9. The van der Waals surface area contributed by atoms with Crippen molar-refractivity contribution in [2.75, 3.05) is 0 Å². The van der Waals surface area contributed by atoms with Gasteiger partial charge < -0.3 is 11.1 Å². The topological polar surface area (TPSA) is 108 Å². The van der Waals surface area contributed by atoms with Gasteiger partial charge in [0.05, 0.1) is 23.6 Å². The minimum Gasteiger partial charge on any atom is -0.369 e. The molecule has 0 radical (unpaired) electrons. The molecule has 0 unspecified atom stereocenters. The summed E-state index contributed by atoms with van der Waals surface area (Å²) < 4.78 is 42.7. The molecule has 0 spiro atoms. The van der Waals surface area contributed by atoms with Crippen LogP contribution in [0, 0.1) is 11.3 Å². The molecule has 0 aromatic heterocycles. The number of hydrogen-bond acceptors (Lipinski definition) is 4. The lowest BCUT2D eigenvalue weighted by atomic mass is 9.92. The van der Waals surface area contributed by atoms with Gasteiger partial charge in [0.2, 0.25) is 11.8 Å². The quantitative estimate of drug-likeness (QED) is 0.414. The molecule has 2 aromatic carbocycles. The number of carbonyl (C=O) groups is 2. The van der Waals surface area contributed by atoms with E-state index >= 15 is 0 Å². The van der Waals surface area contributed by atoms with E-state index in [0.29, 0.717) is 12.8 Å². The Hall–Kier alpha value is -3.38. The van der Waals surface area contributed by atoms with E-state index in [4.69, 9.17) is 5.73 Å². The third kappa shape index (κ3) is 5.96. The Bertz CT molecular complexity index is 1190. The van der Waals surface area contributed by atoms with E-state index in [9.17, 15) is 28.0 Å². The number of nitrogens with one attached hydrogen (secondary N) is 2. The highest BCUT2D eigenvalue weighted by Gasteiger charge is 2.50. The lowest BCUT2D eigenvalue weighted by Gasteiger charge is -2.29. The third-order valence-electron chi connectivity index (χ3n) is 7.23. The van der Waals surface area contributed by atoms with Crippen LogP contribution in [-0.4, -0.2) is 35.5 Å². The van der Waals surface area contributed by atoms with Crippen molar-refractivity contribution in [1.29, 1.82) is 5.26 Å². The van der Waals surface area contributed by atoms with Crippen molar-refractivity contribution in [2.45, 2.75) is 81.1 Å². The number of rotatable bonds is 11. The zero-order chi connectivity index (χ0) is 27.0. The van der Waals surface area contributed by atoms with Crippen molar-refractivity contribution < 1.29 is 22.8 Å². The number of nitrogens with two attached hydrogens (primary N) is 1. The van der Waals surface area contributed by atoms with E-state index in [1.807, 2.05) is 30.3 Å². The van der Waals surface area contributed by atoms with E-state index in [1.54, 1.807) is 24.3 Å². The zero-order valence-electron chi connectivity index (χ0n) is 20.9. The molecule has 2 aliphatic carbocycles. The Labute approximate surface area is 214 Å². The van der Waals surface area contributed by atoms with Gasteiger partial charge in [-0.3, -0.25) is 14.9 Å². The maximum atomic E-state index is 14.5. The Balaban J connectivity index is 1.51. The number of amides is 2. The van der Waals surface area contributed by atoms with Crippen LogP contribution < -0.4 is 16.4 Å². The highest BCUT2D eigenvalue weighted by Crippen LogP contribution is 2.48. The number of hydrogen-bond donors (Lipinski definition) is 3. The molecule has 9 heteroatoms. The first kappa shape index (κ1) is 26.7. The van der Waals surface area contributed by atoms with E-state index in [-0.39, 0.29) is 17.9 Å². The number of alkyl halides is 3. The molecule has 0 aliphatic heterocycles. The molecule has 2 aliphatic rings. The van der Waals surface area contributed by atoms with Crippen molar-refractivity contribution in [3.63, 3.8) is 0 Å².